The summed E-state index contributed by atoms with van der Waals surface area (Å²) in [4.78, 5) is 63.4. The molecule has 4 rings (SSSR count). The van der Waals surface area contributed by atoms with Gasteiger partial charge in [-0.25, -0.2) is 4.79 Å². The van der Waals surface area contributed by atoms with Crippen LogP contribution in [0.15, 0.2) is 18.2 Å². The summed E-state index contributed by atoms with van der Waals surface area (Å²) in [6.45, 7) is 0.466. The number of carbonyl (C=O) groups is 5. The smallest absolute Gasteiger partial charge is 0.326 e. The molecule has 1 aromatic carbocycles. The summed E-state index contributed by atoms with van der Waals surface area (Å²) >= 11 is 0. The molecule has 0 radical (unpaired) electrons. The molecular formula is C18H17N3O6. The number of hydrogen-bond acceptors (Lipinski definition) is 6. The number of hydrogen-bond donors (Lipinski definition) is 2. The number of carboxylic acid groups (broad SMARTS) is 1. The highest BCUT2D eigenvalue weighted by Crippen LogP contribution is 2.37. The van der Waals surface area contributed by atoms with Crippen LogP contribution in [0.2, 0.25) is 0 Å². The molecule has 2 fully saturated rings. The van der Waals surface area contributed by atoms with Gasteiger partial charge in [-0.15, -0.1) is 0 Å². The van der Waals surface area contributed by atoms with Gasteiger partial charge in [0.1, 0.15) is 12.1 Å². The van der Waals surface area contributed by atoms with E-state index < -0.39 is 41.7 Å². The van der Waals surface area contributed by atoms with Crippen molar-refractivity contribution in [2.45, 2.75) is 37.8 Å². The van der Waals surface area contributed by atoms with Crippen molar-refractivity contribution < 1.29 is 29.1 Å². The highest BCUT2D eigenvalue weighted by atomic mass is 16.4. The first-order valence-electron chi connectivity index (χ1n) is 8.74. The SMILES string of the molecule is O=C1CCC(N2C(=O)c3cccc(N4CCCC4C(=O)O)c3C2=O)C(=O)N1. The van der Waals surface area contributed by atoms with Crippen molar-refractivity contribution in [2.24, 2.45) is 0 Å². The van der Waals surface area contributed by atoms with Gasteiger partial charge in [-0.3, -0.25) is 29.4 Å². The zero-order chi connectivity index (χ0) is 19.3. The summed E-state index contributed by atoms with van der Waals surface area (Å²) in [5, 5.41) is 11.6. The Morgan fingerprint density at radius 1 is 1.11 bits per heavy atom. The molecule has 9 heteroatoms. The lowest BCUT2D eigenvalue weighted by atomic mass is 10.0. The van der Waals surface area contributed by atoms with E-state index in [2.05, 4.69) is 5.32 Å². The van der Waals surface area contributed by atoms with E-state index in [0.717, 1.165) is 4.90 Å². The van der Waals surface area contributed by atoms with E-state index >= 15 is 0 Å². The number of piperidine rings is 1. The summed E-state index contributed by atoms with van der Waals surface area (Å²) in [5.74, 6) is -3.32. The Morgan fingerprint density at radius 3 is 2.59 bits per heavy atom. The molecule has 0 aromatic heterocycles. The number of anilines is 1. The Labute approximate surface area is 153 Å². The van der Waals surface area contributed by atoms with Crippen LogP contribution in [-0.4, -0.2) is 58.2 Å². The third-order valence-electron chi connectivity index (χ3n) is 5.29. The van der Waals surface area contributed by atoms with E-state index in [4.69, 9.17) is 0 Å². The number of fused-ring (bicyclic) bond motifs is 1. The molecule has 3 heterocycles. The van der Waals surface area contributed by atoms with Crippen molar-refractivity contribution in [3.8, 4) is 0 Å². The highest BCUT2D eigenvalue weighted by Gasteiger charge is 2.47. The first-order valence-corrected chi connectivity index (χ1v) is 8.74. The molecule has 0 saturated carbocycles. The standard InChI is InChI=1S/C18H17N3O6/c22-13-7-6-11(15(23)19-13)21-16(24)9-3-1-4-10(14(9)17(21)25)20-8-2-5-12(20)18(26)27/h1,3-4,11-12H,2,5-8H2,(H,26,27)(H,19,22,23). The Morgan fingerprint density at radius 2 is 1.89 bits per heavy atom. The zero-order valence-electron chi connectivity index (χ0n) is 14.3. The van der Waals surface area contributed by atoms with Gasteiger partial charge in [-0.2, -0.15) is 0 Å². The molecule has 27 heavy (non-hydrogen) atoms. The molecule has 2 atom stereocenters. The predicted octanol–water partition coefficient (Wildman–Crippen LogP) is 0.141. The number of rotatable bonds is 3. The highest BCUT2D eigenvalue weighted by molar-refractivity contribution is 6.25. The van der Waals surface area contributed by atoms with E-state index in [-0.39, 0.29) is 24.0 Å². The van der Waals surface area contributed by atoms with Gasteiger partial charge in [0.05, 0.1) is 16.8 Å². The number of benzene rings is 1. The largest absolute Gasteiger partial charge is 0.480 e. The van der Waals surface area contributed by atoms with Crippen LogP contribution in [0.1, 0.15) is 46.4 Å². The number of imide groups is 2. The minimum atomic E-state index is -1.04. The Balaban J connectivity index is 1.73. The lowest BCUT2D eigenvalue weighted by Gasteiger charge is -2.28. The first kappa shape index (κ1) is 17.2. The summed E-state index contributed by atoms with van der Waals surface area (Å²) in [5.41, 5.74) is 0.670. The molecule has 9 nitrogen and oxygen atoms in total. The van der Waals surface area contributed by atoms with E-state index in [1.165, 1.54) is 6.07 Å². The van der Waals surface area contributed by atoms with Crippen LogP contribution < -0.4 is 10.2 Å². The van der Waals surface area contributed by atoms with E-state index in [0.29, 0.717) is 25.1 Å². The molecule has 140 valence electrons. The van der Waals surface area contributed by atoms with Gasteiger partial charge >= 0.3 is 5.97 Å². The summed E-state index contributed by atoms with van der Waals surface area (Å²) < 4.78 is 0. The minimum Gasteiger partial charge on any atom is -0.480 e. The number of amides is 4. The summed E-state index contributed by atoms with van der Waals surface area (Å²) in [6, 6.07) is 2.92. The predicted molar refractivity (Wildman–Crippen MR) is 91.1 cm³/mol. The quantitative estimate of drug-likeness (QED) is 0.724. The van der Waals surface area contributed by atoms with Crippen molar-refractivity contribution in [2.75, 3.05) is 11.4 Å². The fraction of sp³-hybridized carbons (Fsp3) is 0.389. The maximum absolute atomic E-state index is 13.1. The third-order valence-corrected chi connectivity index (χ3v) is 5.29. The van der Waals surface area contributed by atoms with Gasteiger partial charge in [0.25, 0.3) is 11.8 Å². The molecule has 3 aliphatic heterocycles. The molecule has 1 aromatic rings. The van der Waals surface area contributed by atoms with Gasteiger partial charge < -0.3 is 10.0 Å². The molecule has 0 bridgehead atoms. The van der Waals surface area contributed by atoms with Gasteiger partial charge in [-0.05, 0) is 31.4 Å². The van der Waals surface area contributed by atoms with E-state index in [1.807, 2.05) is 0 Å². The molecule has 4 amide bonds. The number of carbonyl (C=O) groups excluding carboxylic acids is 4. The Kier molecular flexibility index (Phi) is 3.94. The Hall–Kier alpha value is -3.23. The topological polar surface area (TPSA) is 124 Å². The van der Waals surface area contributed by atoms with Gasteiger partial charge in [0.2, 0.25) is 11.8 Å². The monoisotopic (exact) mass is 371 g/mol. The van der Waals surface area contributed by atoms with Crippen LogP contribution in [0.25, 0.3) is 0 Å². The normalized spacial score (nSPS) is 25.0. The average Bonchev–Trinajstić information content (AvgIpc) is 3.20. The molecule has 2 saturated heterocycles. The lowest BCUT2D eigenvalue weighted by Crippen LogP contribution is -2.54. The number of aliphatic carboxylic acids is 1. The molecule has 3 aliphatic rings. The minimum absolute atomic E-state index is 0.0455. The fourth-order valence-electron chi connectivity index (χ4n) is 4.05. The van der Waals surface area contributed by atoms with Gasteiger partial charge in [-0.1, -0.05) is 6.07 Å². The summed E-state index contributed by atoms with van der Waals surface area (Å²) in [6.07, 6.45) is 1.24. The van der Waals surface area contributed by atoms with E-state index in [1.54, 1.807) is 17.0 Å². The second-order valence-electron chi connectivity index (χ2n) is 6.84. The van der Waals surface area contributed by atoms with Crippen molar-refractivity contribution >= 4 is 35.3 Å². The van der Waals surface area contributed by atoms with Gasteiger partial charge in [0, 0.05) is 13.0 Å². The maximum Gasteiger partial charge on any atom is 0.326 e. The fourth-order valence-corrected chi connectivity index (χ4v) is 4.05. The van der Waals surface area contributed by atoms with Crippen LogP contribution >= 0.6 is 0 Å². The second-order valence-corrected chi connectivity index (χ2v) is 6.84. The second kappa shape index (κ2) is 6.19. The Bertz CT molecular complexity index is 895. The summed E-state index contributed by atoms with van der Waals surface area (Å²) in [7, 11) is 0. The van der Waals surface area contributed by atoms with Crippen molar-refractivity contribution in [3.05, 3.63) is 29.3 Å². The molecule has 2 N–H and O–H groups in total. The van der Waals surface area contributed by atoms with Crippen LogP contribution in [0.4, 0.5) is 5.69 Å². The maximum atomic E-state index is 13.1. The van der Waals surface area contributed by atoms with Crippen molar-refractivity contribution in [1.29, 1.82) is 0 Å². The van der Waals surface area contributed by atoms with Crippen molar-refractivity contribution in [3.63, 3.8) is 0 Å². The number of nitrogens with one attached hydrogen (secondary N) is 1. The molecule has 0 spiro atoms. The molecular weight excluding hydrogens is 354 g/mol. The van der Waals surface area contributed by atoms with Crippen LogP contribution in [0, 0.1) is 0 Å². The average molecular weight is 371 g/mol. The van der Waals surface area contributed by atoms with Crippen LogP contribution in [0.3, 0.4) is 0 Å². The number of carboxylic acids is 1. The zero-order valence-corrected chi connectivity index (χ0v) is 14.3. The van der Waals surface area contributed by atoms with Crippen LogP contribution in [-0.2, 0) is 14.4 Å². The van der Waals surface area contributed by atoms with Crippen molar-refractivity contribution in [1.82, 2.24) is 10.2 Å². The molecule has 0 aliphatic carbocycles. The van der Waals surface area contributed by atoms with Crippen LogP contribution in [0.5, 0.6) is 0 Å². The lowest BCUT2D eigenvalue weighted by molar-refractivity contribution is -0.138. The first-order chi connectivity index (χ1) is 12.9. The third kappa shape index (κ3) is 2.57. The molecule has 2 unspecified atom stereocenters. The number of nitrogens with zero attached hydrogens (tertiary/aromatic N) is 2. The van der Waals surface area contributed by atoms with Gasteiger partial charge in [0.15, 0.2) is 0 Å². The van der Waals surface area contributed by atoms with E-state index in [9.17, 15) is 29.1 Å².